The summed E-state index contributed by atoms with van der Waals surface area (Å²) in [5.41, 5.74) is 5.40. The molecule has 0 fully saturated rings. The van der Waals surface area contributed by atoms with Gasteiger partial charge in [-0.25, -0.2) is 14.8 Å². The quantitative estimate of drug-likeness (QED) is 0.717. The highest BCUT2D eigenvalue weighted by Crippen LogP contribution is 2.12. The zero-order valence-electron chi connectivity index (χ0n) is 6.24. The molecule has 0 saturated carbocycles. The lowest BCUT2D eigenvalue weighted by atomic mass is 10.4. The third-order valence-corrected chi connectivity index (χ3v) is 1.71. The molecule has 0 atom stereocenters. The average molecular weight is 232 g/mol. The highest BCUT2D eigenvalue weighted by Gasteiger charge is 2.13. The molecule has 1 aromatic rings. The SMILES string of the molecule is COC(=O)c1nc(N)cnc1Br. The second kappa shape index (κ2) is 3.48. The van der Waals surface area contributed by atoms with Crippen LogP contribution in [0.1, 0.15) is 10.5 Å². The summed E-state index contributed by atoms with van der Waals surface area (Å²) < 4.78 is 4.77. The molecule has 0 radical (unpaired) electrons. The Balaban J connectivity index is 3.13. The number of esters is 1. The van der Waals surface area contributed by atoms with Crippen molar-refractivity contribution in [2.24, 2.45) is 0 Å². The van der Waals surface area contributed by atoms with Gasteiger partial charge in [0.05, 0.1) is 13.3 Å². The number of hydrogen-bond donors (Lipinski definition) is 1. The summed E-state index contributed by atoms with van der Waals surface area (Å²) in [5, 5.41) is 0. The summed E-state index contributed by atoms with van der Waals surface area (Å²) in [6.45, 7) is 0. The summed E-state index contributed by atoms with van der Waals surface area (Å²) in [5.74, 6) is -0.389. The van der Waals surface area contributed by atoms with Crippen molar-refractivity contribution in [3.63, 3.8) is 0 Å². The first-order chi connectivity index (χ1) is 5.65. The second-order valence-electron chi connectivity index (χ2n) is 1.93. The summed E-state index contributed by atoms with van der Waals surface area (Å²) in [7, 11) is 1.26. The highest BCUT2D eigenvalue weighted by atomic mass is 79.9. The maximum Gasteiger partial charge on any atom is 0.359 e. The molecule has 1 heterocycles. The Hall–Kier alpha value is -1.17. The lowest BCUT2D eigenvalue weighted by molar-refractivity contribution is 0.0592. The highest BCUT2D eigenvalue weighted by molar-refractivity contribution is 9.10. The van der Waals surface area contributed by atoms with E-state index in [1.807, 2.05) is 0 Å². The molecule has 0 amide bonds. The smallest absolute Gasteiger partial charge is 0.359 e. The molecule has 0 unspecified atom stereocenters. The van der Waals surface area contributed by atoms with E-state index in [4.69, 9.17) is 5.73 Å². The first kappa shape index (κ1) is 8.92. The zero-order chi connectivity index (χ0) is 9.14. The Morgan fingerprint density at radius 1 is 1.75 bits per heavy atom. The van der Waals surface area contributed by atoms with E-state index >= 15 is 0 Å². The first-order valence-electron chi connectivity index (χ1n) is 3.01. The predicted molar refractivity (Wildman–Crippen MR) is 45.5 cm³/mol. The molecule has 0 aromatic carbocycles. The van der Waals surface area contributed by atoms with Crippen molar-refractivity contribution < 1.29 is 9.53 Å². The monoisotopic (exact) mass is 231 g/mol. The van der Waals surface area contributed by atoms with Gasteiger partial charge in [0.15, 0.2) is 5.69 Å². The third kappa shape index (κ3) is 1.70. The number of carbonyl (C=O) groups excluding carboxylic acids is 1. The van der Waals surface area contributed by atoms with Crippen molar-refractivity contribution in [3.05, 3.63) is 16.5 Å². The van der Waals surface area contributed by atoms with Gasteiger partial charge in [-0.3, -0.25) is 0 Å². The zero-order valence-corrected chi connectivity index (χ0v) is 7.83. The minimum Gasteiger partial charge on any atom is -0.464 e. The van der Waals surface area contributed by atoms with Gasteiger partial charge in [0.1, 0.15) is 10.4 Å². The Labute approximate surface area is 77.1 Å². The molecule has 0 aliphatic heterocycles. The van der Waals surface area contributed by atoms with Gasteiger partial charge < -0.3 is 10.5 Å². The number of nitrogens with zero attached hydrogens (tertiary/aromatic N) is 2. The molecule has 0 aliphatic rings. The van der Waals surface area contributed by atoms with Crippen molar-refractivity contribution >= 4 is 27.7 Å². The van der Waals surface area contributed by atoms with E-state index in [0.717, 1.165) is 0 Å². The van der Waals surface area contributed by atoms with Crippen LogP contribution in [0.4, 0.5) is 5.82 Å². The first-order valence-corrected chi connectivity index (χ1v) is 3.80. The van der Waals surface area contributed by atoms with Crippen LogP contribution in [0.25, 0.3) is 0 Å². The number of halogens is 1. The van der Waals surface area contributed by atoms with E-state index in [2.05, 4.69) is 30.6 Å². The van der Waals surface area contributed by atoms with Crippen LogP contribution < -0.4 is 5.73 Å². The lowest BCUT2D eigenvalue weighted by Gasteiger charge is -2.00. The van der Waals surface area contributed by atoms with Gasteiger partial charge in [-0.1, -0.05) is 0 Å². The maximum absolute atomic E-state index is 11.0. The Bertz CT molecular complexity index is 316. The fraction of sp³-hybridized carbons (Fsp3) is 0.167. The summed E-state index contributed by atoms with van der Waals surface area (Å²) in [6.07, 6.45) is 1.34. The van der Waals surface area contributed by atoms with Crippen molar-refractivity contribution in [1.82, 2.24) is 9.97 Å². The molecule has 0 saturated heterocycles. The maximum atomic E-state index is 11.0. The standard InChI is InChI=1S/C6H6BrN3O2/c1-12-6(11)4-5(7)9-2-3(8)10-4/h2H,1H3,(H2,8,10). The summed E-state index contributed by atoms with van der Waals surface area (Å²) in [4.78, 5) is 18.5. The average Bonchev–Trinajstić information content (AvgIpc) is 2.08. The molecular formula is C6H6BrN3O2. The van der Waals surface area contributed by atoms with Gasteiger partial charge in [0.2, 0.25) is 0 Å². The number of rotatable bonds is 1. The molecule has 64 valence electrons. The van der Waals surface area contributed by atoms with Crippen LogP contribution in [0.15, 0.2) is 10.8 Å². The molecule has 0 spiro atoms. The summed E-state index contributed by atoms with van der Waals surface area (Å²) in [6, 6.07) is 0. The van der Waals surface area contributed by atoms with E-state index in [0.29, 0.717) is 4.60 Å². The molecule has 1 aromatic heterocycles. The van der Waals surface area contributed by atoms with E-state index in [9.17, 15) is 4.79 Å². The van der Waals surface area contributed by atoms with Gasteiger partial charge in [-0.15, -0.1) is 0 Å². The van der Waals surface area contributed by atoms with Gasteiger partial charge in [0, 0.05) is 0 Å². The number of nitrogen functional groups attached to an aromatic ring is 1. The van der Waals surface area contributed by atoms with E-state index < -0.39 is 5.97 Å². The van der Waals surface area contributed by atoms with Crippen LogP contribution in [0.5, 0.6) is 0 Å². The predicted octanol–water partition coefficient (Wildman–Crippen LogP) is 0.608. The van der Waals surface area contributed by atoms with Crippen LogP contribution in [-0.4, -0.2) is 23.0 Å². The third-order valence-electron chi connectivity index (χ3n) is 1.13. The second-order valence-corrected chi connectivity index (χ2v) is 2.68. The number of nitrogens with two attached hydrogens (primary N) is 1. The molecule has 2 N–H and O–H groups in total. The van der Waals surface area contributed by atoms with E-state index in [1.165, 1.54) is 13.3 Å². The fourth-order valence-corrected chi connectivity index (χ4v) is 0.967. The topological polar surface area (TPSA) is 78.1 Å². The molecule has 5 nitrogen and oxygen atoms in total. The molecule has 12 heavy (non-hydrogen) atoms. The number of ether oxygens (including phenoxy) is 1. The van der Waals surface area contributed by atoms with Crippen LogP contribution in [0.2, 0.25) is 0 Å². The van der Waals surface area contributed by atoms with Gasteiger partial charge in [0.25, 0.3) is 0 Å². The van der Waals surface area contributed by atoms with Gasteiger partial charge in [-0.05, 0) is 15.9 Å². The molecule has 0 aliphatic carbocycles. The van der Waals surface area contributed by atoms with Crippen molar-refractivity contribution in [3.8, 4) is 0 Å². The number of carbonyl (C=O) groups is 1. The number of aromatic nitrogens is 2. The van der Waals surface area contributed by atoms with Crippen LogP contribution >= 0.6 is 15.9 Å². The van der Waals surface area contributed by atoms with Crippen molar-refractivity contribution in [1.29, 1.82) is 0 Å². The Morgan fingerprint density at radius 3 is 3.00 bits per heavy atom. The summed E-state index contributed by atoms with van der Waals surface area (Å²) >= 11 is 3.04. The van der Waals surface area contributed by atoms with Crippen molar-refractivity contribution in [2.75, 3.05) is 12.8 Å². The number of anilines is 1. The van der Waals surface area contributed by atoms with Gasteiger partial charge >= 0.3 is 5.97 Å². The largest absolute Gasteiger partial charge is 0.464 e. The Morgan fingerprint density at radius 2 is 2.42 bits per heavy atom. The van der Waals surface area contributed by atoms with Crippen LogP contribution in [-0.2, 0) is 4.74 Å². The number of hydrogen-bond acceptors (Lipinski definition) is 5. The fourth-order valence-electron chi connectivity index (χ4n) is 0.615. The normalized spacial score (nSPS) is 9.50. The van der Waals surface area contributed by atoms with E-state index in [1.54, 1.807) is 0 Å². The number of methoxy groups -OCH3 is 1. The van der Waals surface area contributed by atoms with Gasteiger partial charge in [-0.2, -0.15) is 0 Å². The minimum atomic E-state index is -0.568. The molecular weight excluding hydrogens is 226 g/mol. The molecule has 0 bridgehead atoms. The van der Waals surface area contributed by atoms with E-state index in [-0.39, 0.29) is 11.5 Å². The molecule has 1 rings (SSSR count). The molecule has 6 heteroatoms. The van der Waals surface area contributed by atoms with Crippen LogP contribution in [0, 0.1) is 0 Å². The van der Waals surface area contributed by atoms with Crippen molar-refractivity contribution in [2.45, 2.75) is 0 Å². The lowest BCUT2D eigenvalue weighted by Crippen LogP contribution is -2.08. The Kier molecular flexibility index (Phi) is 2.59. The van der Waals surface area contributed by atoms with Crippen LogP contribution in [0.3, 0.4) is 0 Å². The minimum absolute atomic E-state index is 0.0810.